The minimum Gasteiger partial charge on any atom is -0.0914 e. The Labute approximate surface area is 50.3 Å². The van der Waals surface area contributed by atoms with E-state index in [1.165, 1.54) is 0 Å². The van der Waals surface area contributed by atoms with Crippen molar-refractivity contribution in [2.45, 2.75) is 13.3 Å². The molecule has 0 saturated heterocycles. The van der Waals surface area contributed by atoms with Crippen LogP contribution in [0.1, 0.15) is 13.3 Å². The highest BCUT2D eigenvalue weighted by Crippen LogP contribution is 1.85. The monoisotopic (exact) mass is 113 g/mol. The average molecular weight is 113 g/mol. The SMILES string of the molecule is C/C=C/C/C=C/[S]. The molecule has 0 fully saturated rings. The van der Waals surface area contributed by atoms with Crippen LogP contribution in [-0.2, 0) is 0 Å². The van der Waals surface area contributed by atoms with Crippen LogP contribution in [0.3, 0.4) is 0 Å². The number of hydrogen-bond acceptors (Lipinski definition) is 0. The Morgan fingerprint density at radius 2 is 2.14 bits per heavy atom. The molecule has 0 aliphatic heterocycles. The highest BCUT2D eigenvalue weighted by Gasteiger charge is 1.62. The lowest BCUT2D eigenvalue weighted by Gasteiger charge is -1.72. The van der Waals surface area contributed by atoms with Crippen LogP contribution in [0.2, 0.25) is 0 Å². The van der Waals surface area contributed by atoms with Crippen molar-refractivity contribution in [2.75, 3.05) is 0 Å². The lowest BCUT2D eigenvalue weighted by molar-refractivity contribution is 1.39. The summed E-state index contributed by atoms with van der Waals surface area (Å²) in [5, 5.41) is 1.64. The standard InChI is InChI=1S/C6H9S/c1-2-3-4-5-6-7/h2-3,5-6H,4H2,1H3/b3-2+,6-5+. The normalized spacial score (nSPS) is 11.6. The molecule has 0 N–H and O–H groups in total. The lowest BCUT2D eigenvalue weighted by Crippen LogP contribution is -1.50. The van der Waals surface area contributed by atoms with Crippen molar-refractivity contribution in [3.8, 4) is 0 Å². The summed E-state index contributed by atoms with van der Waals surface area (Å²) >= 11 is 4.55. The minimum atomic E-state index is 0.972. The van der Waals surface area contributed by atoms with E-state index in [1.54, 1.807) is 5.41 Å². The third-order valence-corrected chi connectivity index (χ3v) is 0.797. The number of rotatable bonds is 2. The highest BCUT2D eigenvalue weighted by molar-refractivity contribution is 7.83. The summed E-state index contributed by atoms with van der Waals surface area (Å²) < 4.78 is 0. The molecule has 0 rings (SSSR count). The van der Waals surface area contributed by atoms with Gasteiger partial charge in [0, 0.05) is 0 Å². The van der Waals surface area contributed by atoms with Crippen molar-refractivity contribution < 1.29 is 0 Å². The first-order valence-electron chi connectivity index (χ1n) is 2.30. The number of hydrogen-bond donors (Lipinski definition) is 0. The molecule has 0 saturated carbocycles. The van der Waals surface area contributed by atoms with E-state index in [0.717, 1.165) is 6.42 Å². The van der Waals surface area contributed by atoms with E-state index >= 15 is 0 Å². The van der Waals surface area contributed by atoms with Crippen molar-refractivity contribution in [1.82, 2.24) is 0 Å². The first-order valence-corrected chi connectivity index (χ1v) is 2.77. The minimum absolute atomic E-state index is 0.972. The van der Waals surface area contributed by atoms with E-state index < -0.39 is 0 Å². The molecule has 0 amide bonds. The van der Waals surface area contributed by atoms with Crippen molar-refractivity contribution in [1.29, 1.82) is 0 Å². The van der Waals surface area contributed by atoms with Gasteiger partial charge < -0.3 is 0 Å². The van der Waals surface area contributed by atoms with Crippen molar-refractivity contribution in [3.05, 3.63) is 23.6 Å². The molecule has 0 aliphatic rings. The third-order valence-electron chi connectivity index (χ3n) is 0.604. The Hall–Kier alpha value is -0.300. The van der Waals surface area contributed by atoms with E-state index in [-0.39, 0.29) is 0 Å². The number of allylic oxidation sites excluding steroid dienone is 3. The summed E-state index contributed by atoms with van der Waals surface area (Å²) in [4.78, 5) is 0. The van der Waals surface area contributed by atoms with Gasteiger partial charge in [-0.3, -0.25) is 0 Å². The maximum absolute atomic E-state index is 4.55. The van der Waals surface area contributed by atoms with Gasteiger partial charge in [-0.2, -0.15) is 0 Å². The maximum atomic E-state index is 4.55. The molecule has 0 aromatic rings. The van der Waals surface area contributed by atoms with Crippen LogP contribution >= 0.6 is 12.6 Å². The summed E-state index contributed by atoms with van der Waals surface area (Å²) in [6.45, 7) is 2.00. The van der Waals surface area contributed by atoms with Gasteiger partial charge in [0.1, 0.15) is 0 Å². The molecule has 0 nitrogen and oxygen atoms in total. The lowest BCUT2D eigenvalue weighted by atomic mass is 10.4. The summed E-state index contributed by atoms with van der Waals surface area (Å²) in [5.41, 5.74) is 0. The smallest absolute Gasteiger partial charge is 0.00234 e. The van der Waals surface area contributed by atoms with Gasteiger partial charge in [0.05, 0.1) is 0 Å². The summed E-state index contributed by atoms with van der Waals surface area (Å²) in [6, 6.07) is 0. The second-order valence-electron chi connectivity index (χ2n) is 1.18. The van der Waals surface area contributed by atoms with Crippen LogP contribution in [-0.4, -0.2) is 0 Å². The van der Waals surface area contributed by atoms with Crippen LogP contribution in [0, 0.1) is 0 Å². The average Bonchev–Trinajstić information content (AvgIpc) is 1.69. The molecule has 0 aromatic carbocycles. The second kappa shape index (κ2) is 5.70. The van der Waals surface area contributed by atoms with E-state index in [4.69, 9.17) is 0 Å². The van der Waals surface area contributed by atoms with Crippen molar-refractivity contribution in [3.63, 3.8) is 0 Å². The van der Waals surface area contributed by atoms with E-state index in [9.17, 15) is 0 Å². The Balaban J connectivity index is 2.98. The first kappa shape index (κ1) is 6.70. The summed E-state index contributed by atoms with van der Waals surface area (Å²) in [6.07, 6.45) is 6.98. The molecular formula is C6H9S. The highest BCUT2D eigenvalue weighted by atomic mass is 32.1. The van der Waals surface area contributed by atoms with E-state index in [0.29, 0.717) is 0 Å². The van der Waals surface area contributed by atoms with Gasteiger partial charge in [0.2, 0.25) is 0 Å². The first-order chi connectivity index (χ1) is 3.41. The zero-order chi connectivity index (χ0) is 5.54. The molecule has 0 atom stereocenters. The van der Waals surface area contributed by atoms with Crippen LogP contribution in [0.15, 0.2) is 23.6 Å². The Morgan fingerprint density at radius 1 is 1.43 bits per heavy atom. The van der Waals surface area contributed by atoms with Crippen LogP contribution in [0.5, 0.6) is 0 Å². The molecule has 1 radical (unpaired) electrons. The molecule has 0 spiro atoms. The van der Waals surface area contributed by atoms with Crippen molar-refractivity contribution >= 4 is 12.6 Å². The molecule has 39 valence electrons. The van der Waals surface area contributed by atoms with Gasteiger partial charge in [-0.05, 0) is 18.8 Å². The van der Waals surface area contributed by atoms with Gasteiger partial charge in [-0.25, -0.2) is 0 Å². The molecule has 1 heteroatoms. The van der Waals surface area contributed by atoms with Crippen molar-refractivity contribution in [2.24, 2.45) is 0 Å². The molecule has 0 bridgehead atoms. The Kier molecular flexibility index (Phi) is 5.46. The van der Waals surface area contributed by atoms with Gasteiger partial charge >= 0.3 is 0 Å². The fourth-order valence-corrected chi connectivity index (χ4v) is 0.381. The van der Waals surface area contributed by atoms with Gasteiger partial charge in [0.25, 0.3) is 0 Å². The zero-order valence-corrected chi connectivity index (χ0v) is 5.24. The molecular weight excluding hydrogens is 104 g/mol. The molecule has 0 aromatic heterocycles. The molecule has 0 aliphatic carbocycles. The topological polar surface area (TPSA) is 0 Å². The van der Waals surface area contributed by atoms with Crippen LogP contribution in [0.25, 0.3) is 0 Å². The second-order valence-corrected chi connectivity index (χ2v) is 1.45. The van der Waals surface area contributed by atoms with E-state index in [1.807, 2.05) is 19.1 Å². The predicted molar refractivity (Wildman–Crippen MR) is 36.2 cm³/mol. The maximum Gasteiger partial charge on any atom is -0.00234 e. The van der Waals surface area contributed by atoms with Gasteiger partial charge in [-0.1, -0.05) is 30.9 Å². The fourth-order valence-electron chi connectivity index (χ4n) is 0.270. The molecule has 0 heterocycles. The molecule has 0 unspecified atom stereocenters. The quantitative estimate of drug-likeness (QED) is 0.483. The largest absolute Gasteiger partial charge is 0.0914 e. The Bertz CT molecular complexity index is 62.2. The van der Waals surface area contributed by atoms with E-state index in [2.05, 4.69) is 18.7 Å². The van der Waals surface area contributed by atoms with Crippen LogP contribution in [0.4, 0.5) is 0 Å². The predicted octanol–water partition coefficient (Wildman–Crippen LogP) is 2.66. The summed E-state index contributed by atoms with van der Waals surface area (Å²) in [7, 11) is 0. The summed E-state index contributed by atoms with van der Waals surface area (Å²) in [5.74, 6) is 0. The van der Waals surface area contributed by atoms with Crippen LogP contribution < -0.4 is 0 Å². The molecule has 7 heavy (non-hydrogen) atoms. The van der Waals surface area contributed by atoms with Gasteiger partial charge in [-0.15, -0.1) is 0 Å². The third kappa shape index (κ3) is 5.70. The van der Waals surface area contributed by atoms with Gasteiger partial charge in [0.15, 0.2) is 0 Å². The fraction of sp³-hybridized carbons (Fsp3) is 0.333. The Morgan fingerprint density at radius 3 is 2.57 bits per heavy atom. The zero-order valence-electron chi connectivity index (χ0n) is 4.42.